The van der Waals surface area contributed by atoms with Gasteiger partial charge in [0.25, 0.3) is 0 Å². The Morgan fingerprint density at radius 1 is 1.05 bits per heavy atom. The zero-order valence-electron chi connectivity index (χ0n) is 13.0. The molecule has 0 aliphatic carbocycles. The highest BCUT2D eigenvalue weighted by Crippen LogP contribution is 2.21. The predicted molar refractivity (Wildman–Crippen MR) is 87.1 cm³/mol. The molecular formula is C18H19N2O2-. The minimum atomic E-state index is -1.19. The highest BCUT2D eigenvalue weighted by Gasteiger charge is 2.12. The summed E-state index contributed by atoms with van der Waals surface area (Å²) in [5.74, 6) is -1.19. The lowest BCUT2D eigenvalue weighted by Crippen LogP contribution is -2.21. The van der Waals surface area contributed by atoms with E-state index >= 15 is 0 Å². The third-order valence-corrected chi connectivity index (χ3v) is 3.30. The molecule has 0 atom stereocenters. The minimum absolute atomic E-state index is 0.134. The first-order chi connectivity index (χ1) is 10.4. The molecule has 0 aliphatic rings. The number of rotatable bonds is 4. The second kappa shape index (κ2) is 6.43. The Hall–Kier alpha value is -2.62. The van der Waals surface area contributed by atoms with Crippen LogP contribution in [0.25, 0.3) is 0 Å². The molecule has 0 amide bonds. The van der Waals surface area contributed by atoms with Crippen LogP contribution in [0, 0.1) is 0 Å². The molecule has 0 spiro atoms. The van der Waals surface area contributed by atoms with E-state index in [-0.39, 0.29) is 11.0 Å². The molecule has 0 unspecified atom stereocenters. The van der Waals surface area contributed by atoms with Crippen LogP contribution in [0.5, 0.6) is 0 Å². The summed E-state index contributed by atoms with van der Waals surface area (Å²) >= 11 is 0. The Labute approximate surface area is 130 Å². The second-order valence-electron chi connectivity index (χ2n) is 6.11. The molecule has 0 fully saturated rings. The molecule has 4 heteroatoms. The molecule has 4 nitrogen and oxygen atoms in total. The molecule has 0 saturated heterocycles. The van der Waals surface area contributed by atoms with Crippen molar-refractivity contribution in [3.63, 3.8) is 0 Å². The number of hydrazone groups is 1. The van der Waals surface area contributed by atoms with Crippen molar-refractivity contribution in [3.05, 3.63) is 65.2 Å². The highest BCUT2D eigenvalue weighted by molar-refractivity contribution is 5.86. The summed E-state index contributed by atoms with van der Waals surface area (Å²) < 4.78 is 0. The van der Waals surface area contributed by atoms with Crippen molar-refractivity contribution in [1.82, 2.24) is 0 Å². The van der Waals surface area contributed by atoms with Crippen molar-refractivity contribution in [2.24, 2.45) is 5.10 Å². The smallest absolute Gasteiger partial charge is 0.0715 e. The fourth-order valence-electron chi connectivity index (χ4n) is 1.93. The average molecular weight is 295 g/mol. The lowest BCUT2D eigenvalue weighted by atomic mass is 9.87. The first-order valence-electron chi connectivity index (χ1n) is 7.07. The summed E-state index contributed by atoms with van der Waals surface area (Å²) in [5, 5.41) is 14.8. The fourth-order valence-corrected chi connectivity index (χ4v) is 1.93. The zero-order chi connectivity index (χ0) is 16.2. The largest absolute Gasteiger partial charge is 0.545 e. The van der Waals surface area contributed by atoms with E-state index in [4.69, 9.17) is 0 Å². The molecule has 22 heavy (non-hydrogen) atoms. The Morgan fingerprint density at radius 2 is 1.64 bits per heavy atom. The number of hydrogen-bond donors (Lipinski definition) is 1. The summed E-state index contributed by atoms with van der Waals surface area (Å²) in [6.07, 6.45) is 1.72. The van der Waals surface area contributed by atoms with Crippen LogP contribution in [0.15, 0.2) is 53.6 Å². The van der Waals surface area contributed by atoms with Crippen LogP contribution < -0.4 is 10.5 Å². The summed E-state index contributed by atoms with van der Waals surface area (Å²) in [6.45, 7) is 6.52. The maximum Gasteiger partial charge on any atom is 0.0715 e. The molecule has 114 valence electrons. The SMILES string of the molecule is CC(C)(C)c1ccc(/C=N\Nc2ccc(C(=O)[O-])cc2)cc1. The molecule has 0 aliphatic heterocycles. The average Bonchev–Trinajstić information content (AvgIpc) is 2.47. The van der Waals surface area contributed by atoms with Crippen molar-refractivity contribution in [2.45, 2.75) is 26.2 Å². The lowest BCUT2D eigenvalue weighted by Gasteiger charge is -2.18. The number of carbonyl (C=O) groups is 1. The van der Waals surface area contributed by atoms with E-state index in [1.54, 1.807) is 18.3 Å². The highest BCUT2D eigenvalue weighted by atomic mass is 16.4. The first-order valence-corrected chi connectivity index (χ1v) is 7.07. The van der Waals surface area contributed by atoms with E-state index in [9.17, 15) is 9.90 Å². The molecule has 0 radical (unpaired) electrons. The number of carboxylic acid groups (broad SMARTS) is 1. The fraction of sp³-hybridized carbons (Fsp3) is 0.222. The zero-order valence-corrected chi connectivity index (χ0v) is 13.0. The Balaban J connectivity index is 1.99. The van der Waals surface area contributed by atoms with Gasteiger partial charge in [-0.15, -0.1) is 0 Å². The van der Waals surface area contributed by atoms with Gasteiger partial charge < -0.3 is 9.90 Å². The maximum absolute atomic E-state index is 10.6. The molecule has 1 N–H and O–H groups in total. The minimum Gasteiger partial charge on any atom is -0.545 e. The van der Waals surface area contributed by atoms with Crippen LogP contribution >= 0.6 is 0 Å². The van der Waals surface area contributed by atoms with Gasteiger partial charge in [0, 0.05) is 0 Å². The normalized spacial score (nSPS) is 11.6. The van der Waals surface area contributed by atoms with E-state index in [1.807, 2.05) is 12.1 Å². The van der Waals surface area contributed by atoms with Gasteiger partial charge in [-0.25, -0.2) is 0 Å². The molecular weight excluding hydrogens is 276 g/mol. The molecule has 2 aromatic carbocycles. The summed E-state index contributed by atoms with van der Waals surface area (Å²) in [4.78, 5) is 10.6. The number of carboxylic acids is 1. The maximum atomic E-state index is 10.6. The molecule has 2 rings (SSSR count). The van der Waals surface area contributed by atoms with Crippen LogP contribution in [-0.2, 0) is 5.41 Å². The third kappa shape index (κ3) is 4.19. The molecule has 0 saturated carbocycles. The Kier molecular flexibility index (Phi) is 4.61. The van der Waals surface area contributed by atoms with Crippen molar-refractivity contribution in [3.8, 4) is 0 Å². The van der Waals surface area contributed by atoms with Gasteiger partial charge in [-0.2, -0.15) is 5.10 Å². The van der Waals surface area contributed by atoms with Gasteiger partial charge in [-0.1, -0.05) is 57.2 Å². The lowest BCUT2D eigenvalue weighted by molar-refractivity contribution is -0.255. The quantitative estimate of drug-likeness (QED) is 0.697. The number of nitrogens with one attached hydrogen (secondary N) is 1. The Bertz CT molecular complexity index is 666. The number of carbonyl (C=O) groups excluding carboxylic acids is 1. The Morgan fingerprint density at radius 3 is 2.14 bits per heavy atom. The number of anilines is 1. The van der Waals surface area contributed by atoms with Gasteiger partial charge in [-0.05, 0) is 34.2 Å². The van der Waals surface area contributed by atoms with E-state index in [2.05, 4.69) is 43.4 Å². The first kappa shape index (κ1) is 15.8. The standard InChI is InChI=1S/C18H20N2O2/c1-18(2,3)15-8-4-13(5-9-15)12-19-20-16-10-6-14(7-11-16)17(21)22/h4-12,20H,1-3H3,(H,21,22)/p-1/b19-12-. The number of benzene rings is 2. The van der Waals surface area contributed by atoms with E-state index in [1.165, 1.54) is 17.7 Å². The van der Waals surface area contributed by atoms with Crippen LogP contribution in [0.1, 0.15) is 42.3 Å². The van der Waals surface area contributed by atoms with Gasteiger partial charge >= 0.3 is 0 Å². The summed E-state index contributed by atoms with van der Waals surface area (Å²) in [5.41, 5.74) is 6.12. The number of hydrogen-bond acceptors (Lipinski definition) is 4. The van der Waals surface area contributed by atoms with Crippen molar-refractivity contribution in [2.75, 3.05) is 5.43 Å². The number of nitrogens with zero attached hydrogens (tertiary/aromatic N) is 1. The van der Waals surface area contributed by atoms with Crippen molar-refractivity contribution >= 4 is 17.9 Å². The van der Waals surface area contributed by atoms with Gasteiger partial charge in [0.15, 0.2) is 0 Å². The van der Waals surface area contributed by atoms with Crippen LogP contribution in [0.3, 0.4) is 0 Å². The third-order valence-electron chi connectivity index (χ3n) is 3.30. The number of aromatic carboxylic acids is 1. The van der Waals surface area contributed by atoms with E-state index in [0.29, 0.717) is 5.69 Å². The van der Waals surface area contributed by atoms with Gasteiger partial charge in [0.05, 0.1) is 17.9 Å². The van der Waals surface area contributed by atoms with E-state index < -0.39 is 5.97 Å². The van der Waals surface area contributed by atoms with Gasteiger partial charge in [-0.3, -0.25) is 5.43 Å². The molecule has 0 aromatic heterocycles. The predicted octanol–water partition coefficient (Wildman–Crippen LogP) is 2.79. The summed E-state index contributed by atoms with van der Waals surface area (Å²) in [7, 11) is 0. The molecule has 0 bridgehead atoms. The van der Waals surface area contributed by atoms with Gasteiger partial charge in [0.1, 0.15) is 0 Å². The van der Waals surface area contributed by atoms with Gasteiger partial charge in [0.2, 0.25) is 0 Å². The molecule has 2 aromatic rings. The van der Waals surface area contributed by atoms with E-state index in [0.717, 1.165) is 5.56 Å². The molecule has 0 heterocycles. The van der Waals surface area contributed by atoms with Crippen LogP contribution in [0.4, 0.5) is 5.69 Å². The monoisotopic (exact) mass is 295 g/mol. The van der Waals surface area contributed by atoms with Crippen molar-refractivity contribution < 1.29 is 9.90 Å². The topological polar surface area (TPSA) is 64.5 Å². The van der Waals surface area contributed by atoms with Crippen LogP contribution in [-0.4, -0.2) is 12.2 Å². The van der Waals surface area contributed by atoms with Crippen LogP contribution in [0.2, 0.25) is 0 Å². The van der Waals surface area contributed by atoms with Crippen molar-refractivity contribution in [1.29, 1.82) is 0 Å². The second-order valence-corrected chi connectivity index (χ2v) is 6.11. The summed E-state index contributed by atoms with van der Waals surface area (Å²) in [6, 6.07) is 14.5.